The molecule has 1 N–H and O–H groups in total. The number of furan rings is 1. The third kappa shape index (κ3) is 3.86. The molecule has 24 heavy (non-hydrogen) atoms. The van der Waals surface area contributed by atoms with Crippen LogP contribution in [0.1, 0.15) is 10.6 Å². The molecule has 0 bridgehead atoms. The minimum absolute atomic E-state index is 0.101. The van der Waals surface area contributed by atoms with Crippen LogP contribution < -0.4 is 9.50 Å². The number of benzene rings is 1. The van der Waals surface area contributed by atoms with Crippen molar-refractivity contribution in [2.24, 2.45) is 0 Å². The Morgan fingerprint density at radius 1 is 1.12 bits per heavy atom. The van der Waals surface area contributed by atoms with E-state index in [-0.39, 0.29) is 15.7 Å². The second kappa shape index (κ2) is 6.80. The van der Waals surface area contributed by atoms with Crippen LogP contribution in [0.15, 0.2) is 67.2 Å². The van der Waals surface area contributed by atoms with E-state index in [1.165, 1.54) is 36.6 Å². The second-order valence-electron chi connectivity index (χ2n) is 4.55. The van der Waals surface area contributed by atoms with E-state index in [1.54, 1.807) is 18.2 Å². The van der Waals surface area contributed by atoms with Gasteiger partial charge in [-0.3, -0.25) is 4.79 Å². The van der Waals surface area contributed by atoms with Crippen LogP contribution in [0.3, 0.4) is 0 Å². The van der Waals surface area contributed by atoms with Crippen molar-refractivity contribution in [3.05, 3.63) is 64.3 Å². The molecule has 0 radical (unpaired) electrons. The fraction of sp³-hybridized carbons (Fsp3) is 0. The first-order chi connectivity index (χ1) is 11.4. The fourth-order valence-electron chi connectivity index (χ4n) is 1.79. The Kier molecular flexibility index (Phi) is 4.74. The molecule has 0 atom stereocenters. The molecule has 0 spiro atoms. The molecule has 0 saturated heterocycles. The molecule has 0 aliphatic carbocycles. The number of hydrogen-bond acceptors (Lipinski definition) is 6. The highest BCUT2D eigenvalue weighted by molar-refractivity contribution is 9.11. The maximum atomic E-state index is 12.1. The van der Waals surface area contributed by atoms with Crippen LogP contribution in [0.25, 0.3) is 0 Å². The summed E-state index contributed by atoms with van der Waals surface area (Å²) in [5.41, 5.74) is 0.486. The molecule has 0 unspecified atom stereocenters. The van der Waals surface area contributed by atoms with Crippen LogP contribution in [0.5, 0.6) is 5.75 Å². The van der Waals surface area contributed by atoms with Crippen LogP contribution in [-0.2, 0) is 10.1 Å². The van der Waals surface area contributed by atoms with Gasteiger partial charge < -0.3 is 13.9 Å². The maximum Gasteiger partial charge on any atom is 0.348 e. The van der Waals surface area contributed by atoms with E-state index in [0.717, 1.165) is 11.3 Å². The van der Waals surface area contributed by atoms with E-state index >= 15 is 0 Å². The number of anilines is 1. The topological polar surface area (TPSA) is 85.6 Å². The van der Waals surface area contributed by atoms with Crippen molar-refractivity contribution < 1.29 is 21.8 Å². The van der Waals surface area contributed by atoms with Gasteiger partial charge in [-0.2, -0.15) is 8.42 Å². The number of carbonyl (C=O) groups excluding carboxylic acids is 1. The van der Waals surface area contributed by atoms with Gasteiger partial charge in [0.25, 0.3) is 5.91 Å². The first kappa shape index (κ1) is 16.7. The molecule has 2 aromatic heterocycles. The quantitative estimate of drug-likeness (QED) is 0.618. The SMILES string of the molecule is O=C(Nc1ccc(OS(=O)(=O)c2ccc(Br)s2)cc1)c1ccco1. The summed E-state index contributed by atoms with van der Waals surface area (Å²) in [6.45, 7) is 0. The Bertz CT molecular complexity index is 946. The Morgan fingerprint density at radius 3 is 2.46 bits per heavy atom. The number of hydrogen-bond donors (Lipinski definition) is 1. The van der Waals surface area contributed by atoms with Crippen molar-refractivity contribution in [1.29, 1.82) is 0 Å². The molecule has 0 fully saturated rings. The van der Waals surface area contributed by atoms with Crippen molar-refractivity contribution in [3.8, 4) is 5.75 Å². The van der Waals surface area contributed by atoms with Crippen LogP contribution in [-0.4, -0.2) is 14.3 Å². The van der Waals surface area contributed by atoms with Gasteiger partial charge in [-0.25, -0.2) is 0 Å². The molecule has 6 nitrogen and oxygen atoms in total. The maximum absolute atomic E-state index is 12.1. The lowest BCUT2D eigenvalue weighted by atomic mass is 10.3. The molecule has 3 rings (SSSR count). The first-order valence-corrected chi connectivity index (χ1v) is 9.60. The Labute approximate surface area is 150 Å². The van der Waals surface area contributed by atoms with Crippen LogP contribution in [0.4, 0.5) is 5.69 Å². The molecule has 0 aliphatic heterocycles. The number of halogens is 1. The average molecular weight is 428 g/mol. The molecule has 1 aromatic carbocycles. The van der Waals surface area contributed by atoms with Gasteiger partial charge in [0.15, 0.2) is 9.97 Å². The largest absolute Gasteiger partial charge is 0.459 e. The number of carbonyl (C=O) groups is 1. The highest BCUT2D eigenvalue weighted by atomic mass is 79.9. The van der Waals surface area contributed by atoms with Gasteiger partial charge in [-0.05, 0) is 64.5 Å². The standard InChI is InChI=1S/C15H10BrNO5S2/c16-13-7-8-14(23-13)24(19,20)22-11-5-3-10(4-6-11)17-15(18)12-2-1-9-21-12/h1-9H,(H,17,18). The number of thiophene rings is 1. The highest BCUT2D eigenvalue weighted by Gasteiger charge is 2.19. The molecule has 2 heterocycles. The predicted molar refractivity (Wildman–Crippen MR) is 92.9 cm³/mol. The summed E-state index contributed by atoms with van der Waals surface area (Å²) < 4.78 is 35.1. The minimum Gasteiger partial charge on any atom is -0.459 e. The minimum atomic E-state index is -3.88. The van der Waals surface area contributed by atoms with Gasteiger partial charge in [-0.15, -0.1) is 11.3 Å². The molecular weight excluding hydrogens is 418 g/mol. The summed E-state index contributed by atoms with van der Waals surface area (Å²) in [7, 11) is -3.88. The Balaban J connectivity index is 1.69. The van der Waals surface area contributed by atoms with E-state index in [2.05, 4.69) is 21.2 Å². The summed E-state index contributed by atoms with van der Waals surface area (Å²) in [5, 5.41) is 2.63. The monoisotopic (exact) mass is 427 g/mol. The van der Waals surface area contributed by atoms with Crippen LogP contribution >= 0.6 is 27.3 Å². The number of rotatable bonds is 5. The molecule has 0 aliphatic rings. The Hall–Kier alpha value is -2.10. The summed E-state index contributed by atoms with van der Waals surface area (Å²) >= 11 is 4.27. The van der Waals surface area contributed by atoms with E-state index in [1.807, 2.05) is 0 Å². The normalized spacial score (nSPS) is 11.2. The summed E-state index contributed by atoms with van der Waals surface area (Å²) in [6.07, 6.45) is 1.40. The zero-order valence-electron chi connectivity index (χ0n) is 11.9. The van der Waals surface area contributed by atoms with Gasteiger partial charge in [0.1, 0.15) is 5.75 Å². The predicted octanol–water partition coefficient (Wildman–Crippen LogP) is 4.12. The van der Waals surface area contributed by atoms with Gasteiger partial charge in [0.05, 0.1) is 10.0 Å². The van der Waals surface area contributed by atoms with Crippen LogP contribution in [0.2, 0.25) is 0 Å². The lowest BCUT2D eigenvalue weighted by Crippen LogP contribution is -2.11. The smallest absolute Gasteiger partial charge is 0.348 e. The zero-order valence-corrected chi connectivity index (χ0v) is 15.2. The first-order valence-electron chi connectivity index (χ1n) is 6.59. The van der Waals surface area contributed by atoms with Gasteiger partial charge in [0.2, 0.25) is 0 Å². The lowest BCUT2D eigenvalue weighted by molar-refractivity contribution is 0.0996. The van der Waals surface area contributed by atoms with E-state index in [0.29, 0.717) is 9.47 Å². The highest BCUT2D eigenvalue weighted by Crippen LogP contribution is 2.28. The zero-order chi connectivity index (χ0) is 17.2. The summed E-state index contributed by atoms with van der Waals surface area (Å²) in [4.78, 5) is 11.8. The number of amides is 1. The fourth-order valence-corrected chi connectivity index (χ4v) is 4.70. The molecule has 1 amide bonds. The van der Waals surface area contributed by atoms with E-state index in [9.17, 15) is 13.2 Å². The molecule has 0 saturated carbocycles. The van der Waals surface area contributed by atoms with E-state index in [4.69, 9.17) is 8.60 Å². The second-order valence-corrected chi connectivity index (χ2v) is 8.79. The van der Waals surface area contributed by atoms with Crippen molar-refractivity contribution >= 4 is 49.0 Å². The summed E-state index contributed by atoms with van der Waals surface area (Å²) in [5.74, 6) is -0.0681. The molecule has 124 valence electrons. The number of nitrogens with one attached hydrogen (secondary N) is 1. The van der Waals surface area contributed by atoms with E-state index < -0.39 is 16.0 Å². The third-order valence-electron chi connectivity index (χ3n) is 2.86. The average Bonchev–Trinajstić information content (AvgIpc) is 3.20. The van der Waals surface area contributed by atoms with Gasteiger partial charge >= 0.3 is 10.1 Å². The molecule has 9 heteroatoms. The van der Waals surface area contributed by atoms with Crippen LogP contribution in [0, 0.1) is 0 Å². The third-order valence-corrected chi connectivity index (χ3v) is 6.18. The van der Waals surface area contributed by atoms with Gasteiger partial charge in [0, 0.05) is 5.69 Å². The van der Waals surface area contributed by atoms with Crippen molar-refractivity contribution in [3.63, 3.8) is 0 Å². The summed E-state index contributed by atoms with van der Waals surface area (Å²) in [6, 6.07) is 12.2. The Morgan fingerprint density at radius 2 is 1.88 bits per heavy atom. The molecular formula is C15H10BrNO5S2. The van der Waals surface area contributed by atoms with Crippen molar-refractivity contribution in [2.75, 3.05) is 5.32 Å². The van der Waals surface area contributed by atoms with Crippen molar-refractivity contribution in [2.45, 2.75) is 4.21 Å². The lowest BCUT2D eigenvalue weighted by Gasteiger charge is -2.07. The van der Waals surface area contributed by atoms with Gasteiger partial charge in [-0.1, -0.05) is 0 Å². The van der Waals surface area contributed by atoms with Crippen molar-refractivity contribution in [1.82, 2.24) is 0 Å². The molecule has 3 aromatic rings.